The zero-order valence-corrected chi connectivity index (χ0v) is 11.6. The summed E-state index contributed by atoms with van der Waals surface area (Å²) >= 11 is 0. The van der Waals surface area contributed by atoms with E-state index in [-0.39, 0.29) is 0 Å². The molecule has 1 fully saturated rings. The molecule has 1 aromatic rings. The molecule has 1 aliphatic heterocycles. The SMILES string of the molecule is CC1(C)C(=O)NC(=O)CN1S(=O)(=O)c1cncc(F)c1. The lowest BCUT2D eigenvalue weighted by Gasteiger charge is -2.38. The minimum absolute atomic E-state index is 0.409. The Labute approximate surface area is 114 Å². The zero-order valence-electron chi connectivity index (χ0n) is 10.8. The number of halogens is 1. The molecule has 2 heterocycles. The number of hydrogen-bond acceptors (Lipinski definition) is 5. The van der Waals surface area contributed by atoms with Crippen LogP contribution in [0.25, 0.3) is 0 Å². The fourth-order valence-electron chi connectivity index (χ4n) is 1.81. The van der Waals surface area contributed by atoms with Crippen molar-refractivity contribution < 1.29 is 22.4 Å². The van der Waals surface area contributed by atoms with Crippen molar-refractivity contribution in [1.29, 1.82) is 0 Å². The minimum Gasteiger partial charge on any atom is -0.294 e. The van der Waals surface area contributed by atoms with Crippen LogP contribution in [0.2, 0.25) is 0 Å². The molecule has 0 radical (unpaired) electrons. The monoisotopic (exact) mass is 301 g/mol. The van der Waals surface area contributed by atoms with Gasteiger partial charge in [-0.3, -0.25) is 19.9 Å². The molecule has 2 amide bonds. The van der Waals surface area contributed by atoms with Gasteiger partial charge in [0.15, 0.2) is 0 Å². The Morgan fingerprint density at radius 3 is 2.60 bits per heavy atom. The number of piperazine rings is 1. The van der Waals surface area contributed by atoms with Gasteiger partial charge < -0.3 is 0 Å². The van der Waals surface area contributed by atoms with Crippen LogP contribution >= 0.6 is 0 Å². The number of imide groups is 1. The maximum Gasteiger partial charge on any atom is 0.247 e. The third-order valence-corrected chi connectivity index (χ3v) is 4.97. The van der Waals surface area contributed by atoms with Crippen LogP contribution in [0.5, 0.6) is 0 Å². The Hall–Kier alpha value is -1.87. The first kappa shape index (κ1) is 14.5. The number of carbonyl (C=O) groups excluding carboxylic acids is 2. The molecule has 1 N–H and O–H groups in total. The zero-order chi connectivity index (χ0) is 15.1. The van der Waals surface area contributed by atoms with E-state index in [1.807, 2.05) is 0 Å². The quantitative estimate of drug-likeness (QED) is 0.753. The first-order valence-electron chi connectivity index (χ1n) is 5.63. The van der Waals surface area contributed by atoms with Crippen LogP contribution in [-0.2, 0) is 19.6 Å². The molecule has 1 aromatic heterocycles. The van der Waals surface area contributed by atoms with Crippen molar-refractivity contribution in [2.24, 2.45) is 0 Å². The number of amides is 2. The fraction of sp³-hybridized carbons (Fsp3) is 0.364. The molecule has 0 atom stereocenters. The van der Waals surface area contributed by atoms with E-state index in [1.165, 1.54) is 13.8 Å². The lowest BCUT2D eigenvalue weighted by Crippen LogP contribution is -2.65. The van der Waals surface area contributed by atoms with Crippen molar-refractivity contribution in [3.8, 4) is 0 Å². The van der Waals surface area contributed by atoms with Crippen molar-refractivity contribution in [3.63, 3.8) is 0 Å². The number of nitrogens with zero attached hydrogens (tertiary/aromatic N) is 2. The Morgan fingerprint density at radius 2 is 2.00 bits per heavy atom. The van der Waals surface area contributed by atoms with Crippen LogP contribution in [-0.4, -0.2) is 41.6 Å². The third kappa shape index (κ3) is 2.29. The van der Waals surface area contributed by atoms with Crippen LogP contribution in [0, 0.1) is 5.82 Å². The van der Waals surface area contributed by atoms with Gasteiger partial charge in [-0.1, -0.05) is 0 Å². The second kappa shape index (κ2) is 4.60. The van der Waals surface area contributed by atoms with Gasteiger partial charge in [-0.25, -0.2) is 12.8 Å². The normalized spacial score (nSPS) is 19.8. The molecule has 1 aliphatic rings. The molecule has 20 heavy (non-hydrogen) atoms. The van der Waals surface area contributed by atoms with Gasteiger partial charge in [-0.2, -0.15) is 4.31 Å². The molecule has 0 spiro atoms. The molecule has 0 bridgehead atoms. The number of nitrogens with one attached hydrogen (secondary N) is 1. The predicted molar refractivity (Wildman–Crippen MR) is 65.3 cm³/mol. The van der Waals surface area contributed by atoms with Gasteiger partial charge >= 0.3 is 0 Å². The van der Waals surface area contributed by atoms with Crippen LogP contribution in [0.3, 0.4) is 0 Å². The predicted octanol–water partition coefficient (Wildman–Crippen LogP) is -0.354. The van der Waals surface area contributed by atoms with E-state index < -0.39 is 44.6 Å². The van der Waals surface area contributed by atoms with Crippen molar-refractivity contribution in [3.05, 3.63) is 24.3 Å². The summed E-state index contributed by atoms with van der Waals surface area (Å²) in [7, 11) is -4.21. The summed E-state index contributed by atoms with van der Waals surface area (Å²) in [5, 5.41) is 2.06. The highest BCUT2D eigenvalue weighted by atomic mass is 32.2. The molecule has 108 valence electrons. The smallest absolute Gasteiger partial charge is 0.247 e. The molecular weight excluding hydrogens is 289 g/mol. The Balaban J connectivity index is 2.52. The molecule has 2 rings (SSSR count). The van der Waals surface area contributed by atoms with Crippen LogP contribution in [0.4, 0.5) is 4.39 Å². The van der Waals surface area contributed by atoms with Gasteiger partial charge in [0.05, 0.1) is 12.7 Å². The van der Waals surface area contributed by atoms with Gasteiger partial charge in [0.2, 0.25) is 21.8 Å². The van der Waals surface area contributed by atoms with Gasteiger partial charge in [0, 0.05) is 6.20 Å². The van der Waals surface area contributed by atoms with Crippen LogP contribution in [0.1, 0.15) is 13.8 Å². The van der Waals surface area contributed by atoms with E-state index in [0.717, 1.165) is 22.8 Å². The van der Waals surface area contributed by atoms with E-state index >= 15 is 0 Å². The first-order chi connectivity index (χ1) is 9.15. The van der Waals surface area contributed by atoms with E-state index in [2.05, 4.69) is 10.3 Å². The Kier molecular flexibility index (Phi) is 3.34. The maximum absolute atomic E-state index is 13.1. The Bertz CT molecular complexity index is 687. The standard InChI is InChI=1S/C11H12FN3O4S/c1-11(2)10(17)14-9(16)6-15(11)20(18,19)8-3-7(12)4-13-5-8/h3-5H,6H2,1-2H3,(H,14,16,17). The third-order valence-electron chi connectivity index (χ3n) is 2.99. The van der Waals surface area contributed by atoms with Gasteiger partial charge in [-0.15, -0.1) is 0 Å². The first-order valence-corrected chi connectivity index (χ1v) is 7.07. The molecule has 1 saturated heterocycles. The van der Waals surface area contributed by atoms with E-state index in [1.54, 1.807) is 0 Å². The lowest BCUT2D eigenvalue weighted by molar-refractivity contribution is -0.141. The average Bonchev–Trinajstić information content (AvgIpc) is 2.34. The fourth-order valence-corrected chi connectivity index (χ4v) is 3.49. The number of aromatic nitrogens is 1. The van der Waals surface area contributed by atoms with Gasteiger partial charge in [0.25, 0.3) is 0 Å². The number of carbonyl (C=O) groups is 2. The van der Waals surface area contributed by atoms with Crippen molar-refractivity contribution in [2.75, 3.05) is 6.54 Å². The molecule has 0 aromatic carbocycles. The van der Waals surface area contributed by atoms with Crippen LogP contribution in [0.15, 0.2) is 23.4 Å². The molecule has 0 unspecified atom stereocenters. The summed E-state index contributed by atoms with van der Waals surface area (Å²) in [6.45, 7) is 2.20. The largest absolute Gasteiger partial charge is 0.294 e. The van der Waals surface area contributed by atoms with E-state index in [0.29, 0.717) is 0 Å². The van der Waals surface area contributed by atoms with Crippen molar-refractivity contribution in [1.82, 2.24) is 14.6 Å². The maximum atomic E-state index is 13.1. The van der Waals surface area contributed by atoms with Gasteiger partial charge in [0.1, 0.15) is 16.3 Å². The average molecular weight is 301 g/mol. The van der Waals surface area contributed by atoms with Crippen molar-refractivity contribution in [2.45, 2.75) is 24.3 Å². The molecule has 9 heteroatoms. The second-order valence-corrected chi connectivity index (χ2v) is 6.65. The number of sulfonamides is 1. The highest BCUT2D eigenvalue weighted by Crippen LogP contribution is 2.26. The summed E-state index contributed by atoms with van der Waals surface area (Å²) < 4.78 is 38.7. The molecular formula is C11H12FN3O4S. The number of hydrogen-bond donors (Lipinski definition) is 1. The molecule has 0 aliphatic carbocycles. The van der Waals surface area contributed by atoms with E-state index in [4.69, 9.17) is 0 Å². The summed E-state index contributed by atoms with van der Waals surface area (Å²) in [6, 6.07) is 0.787. The lowest BCUT2D eigenvalue weighted by atomic mass is 10.0. The summed E-state index contributed by atoms with van der Waals surface area (Å²) in [5.74, 6) is -2.29. The second-order valence-electron chi connectivity index (χ2n) is 4.79. The molecule has 0 saturated carbocycles. The van der Waals surface area contributed by atoms with Gasteiger partial charge in [-0.05, 0) is 19.9 Å². The van der Waals surface area contributed by atoms with Crippen LogP contribution < -0.4 is 5.32 Å². The highest BCUT2D eigenvalue weighted by molar-refractivity contribution is 7.89. The number of pyridine rings is 1. The summed E-state index contributed by atoms with van der Waals surface area (Å²) in [5.41, 5.74) is -1.46. The molecule has 7 nitrogen and oxygen atoms in total. The minimum atomic E-state index is -4.21. The summed E-state index contributed by atoms with van der Waals surface area (Å²) in [6.07, 6.45) is 1.82. The van der Waals surface area contributed by atoms with Crippen molar-refractivity contribution >= 4 is 21.8 Å². The highest BCUT2D eigenvalue weighted by Gasteiger charge is 2.47. The van der Waals surface area contributed by atoms with E-state index in [9.17, 15) is 22.4 Å². The Morgan fingerprint density at radius 1 is 1.35 bits per heavy atom. The number of rotatable bonds is 2. The summed E-state index contributed by atoms with van der Waals surface area (Å²) in [4.78, 5) is 26.2. The topological polar surface area (TPSA) is 96.4 Å².